The lowest BCUT2D eigenvalue weighted by atomic mass is 10.1. The molecule has 6 nitrogen and oxygen atoms in total. The number of carbonyl (C=O) groups excluding carboxylic acids is 2. The molecule has 3 aromatic rings. The molecule has 0 radical (unpaired) electrons. The lowest BCUT2D eigenvalue weighted by molar-refractivity contribution is -0.147. The third-order valence-corrected chi connectivity index (χ3v) is 6.82. The Balaban J connectivity index is 1.39. The quantitative estimate of drug-likeness (QED) is 0.156. The van der Waals surface area contributed by atoms with Gasteiger partial charge in [0.1, 0.15) is 11.8 Å². The Labute approximate surface area is 224 Å². The Morgan fingerprint density at radius 2 is 1.82 bits per heavy atom. The van der Waals surface area contributed by atoms with Crippen molar-refractivity contribution in [2.24, 2.45) is 0 Å². The average Bonchev–Trinajstić information content (AvgIpc) is 2.87. The second-order valence-corrected chi connectivity index (χ2v) is 9.79. The van der Waals surface area contributed by atoms with E-state index in [1.807, 2.05) is 30.3 Å². The van der Waals surface area contributed by atoms with Crippen molar-refractivity contribution in [3.8, 4) is 5.75 Å². The molecular formula is C28H31F3N2O4S. The van der Waals surface area contributed by atoms with Crippen molar-refractivity contribution in [1.29, 1.82) is 0 Å². The molecule has 38 heavy (non-hydrogen) atoms. The summed E-state index contributed by atoms with van der Waals surface area (Å²) in [7, 11) is 0. The number of alkyl halides is 3. The molecule has 1 unspecified atom stereocenters. The number of aromatic nitrogens is 1. The second kappa shape index (κ2) is 14.0. The summed E-state index contributed by atoms with van der Waals surface area (Å²) in [5.41, 5.74) is 0.523. The van der Waals surface area contributed by atoms with Gasteiger partial charge >= 0.3 is 12.1 Å². The zero-order chi connectivity index (χ0) is 27.5. The van der Waals surface area contributed by atoms with Crippen LogP contribution in [0.4, 0.5) is 13.2 Å². The summed E-state index contributed by atoms with van der Waals surface area (Å²) in [4.78, 5) is 28.5. The van der Waals surface area contributed by atoms with Crippen molar-refractivity contribution in [2.75, 3.05) is 19.0 Å². The summed E-state index contributed by atoms with van der Waals surface area (Å²) in [6.45, 7) is 3.88. The molecule has 0 aliphatic rings. The Morgan fingerprint density at radius 3 is 2.50 bits per heavy atom. The molecule has 1 atom stereocenters. The fourth-order valence-electron chi connectivity index (χ4n) is 3.82. The van der Waals surface area contributed by atoms with E-state index in [1.165, 1.54) is 13.0 Å². The standard InChI is InChI=1S/C28H31F3N2O4S/c1-3-36-27(35)25(33-19(2)34)17-20-7-10-22(11-8-20)37-15-5-4-6-16-38-26-13-14-32-24-18-21(28(29,30)31)9-12-23(24)26/h7-14,18,25H,3-6,15-17H2,1-2H3,(H,33,34). The van der Waals surface area contributed by atoms with E-state index in [9.17, 15) is 22.8 Å². The summed E-state index contributed by atoms with van der Waals surface area (Å²) in [6.07, 6.45) is 0.235. The van der Waals surface area contributed by atoms with Crippen molar-refractivity contribution in [2.45, 2.75) is 56.6 Å². The van der Waals surface area contributed by atoms with Gasteiger partial charge in [-0.25, -0.2) is 4.79 Å². The van der Waals surface area contributed by atoms with Crippen LogP contribution in [0.5, 0.6) is 5.75 Å². The number of rotatable bonds is 13. The average molecular weight is 549 g/mol. The zero-order valence-electron chi connectivity index (χ0n) is 21.3. The monoisotopic (exact) mass is 548 g/mol. The van der Waals surface area contributed by atoms with E-state index >= 15 is 0 Å². The minimum Gasteiger partial charge on any atom is -0.494 e. The van der Waals surface area contributed by atoms with E-state index in [1.54, 1.807) is 24.9 Å². The Morgan fingerprint density at radius 1 is 1.05 bits per heavy atom. The number of fused-ring (bicyclic) bond motifs is 1. The van der Waals surface area contributed by atoms with Crippen LogP contribution in [0.15, 0.2) is 59.6 Å². The Bertz CT molecular complexity index is 1220. The number of hydrogen-bond donors (Lipinski definition) is 1. The number of ether oxygens (including phenoxy) is 2. The molecule has 1 heterocycles. The van der Waals surface area contributed by atoms with Gasteiger partial charge in [0.25, 0.3) is 0 Å². The number of halogens is 3. The maximum atomic E-state index is 13.0. The molecule has 204 valence electrons. The molecule has 1 aromatic heterocycles. The van der Waals surface area contributed by atoms with Crippen molar-refractivity contribution >= 4 is 34.5 Å². The molecule has 0 fully saturated rings. The zero-order valence-corrected chi connectivity index (χ0v) is 22.2. The van der Waals surface area contributed by atoms with Crippen LogP contribution in [0.2, 0.25) is 0 Å². The number of esters is 1. The number of nitrogens with one attached hydrogen (secondary N) is 1. The summed E-state index contributed by atoms with van der Waals surface area (Å²) in [5.74, 6) is 0.797. The van der Waals surface area contributed by atoms with Crippen LogP contribution >= 0.6 is 11.8 Å². The first-order valence-corrected chi connectivity index (χ1v) is 13.4. The highest BCUT2D eigenvalue weighted by Crippen LogP contribution is 2.34. The summed E-state index contributed by atoms with van der Waals surface area (Å²) >= 11 is 1.61. The predicted octanol–water partition coefficient (Wildman–Crippen LogP) is 6.21. The molecule has 0 spiro atoms. The van der Waals surface area contributed by atoms with Gasteiger partial charge in [0.15, 0.2) is 0 Å². The van der Waals surface area contributed by atoms with E-state index in [-0.39, 0.29) is 12.5 Å². The lowest BCUT2D eigenvalue weighted by Gasteiger charge is -2.16. The molecular weight excluding hydrogens is 517 g/mol. The molecule has 0 aliphatic heterocycles. The normalized spacial score (nSPS) is 12.2. The SMILES string of the molecule is CCOC(=O)C(Cc1ccc(OCCCCCSc2ccnc3cc(C(F)(F)F)ccc23)cc1)NC(C)=O. The molecule has 0 saturated heterocycles. The van der Waals surface area contributed by atoms with Crippen LogP contribution in [0.1, 0.15) is 44.2 Å². The van der Waals surface area contributed by atoms with Crippen LogP contribution in [-0.4, -0.2) is 41.9 Å². The van der Waals surface area contributed by atoms with E-state index in [4.69, 9.17) is 9.47 Å². The van der Waals surface area contributed by atoms with E-state index in [2.05, 4.69) is 10.3 Å². The van der Waals surface area contributed by atoms with Crippen LogP contribution < -0.4 is 10.1 Å². The molecule has 10 heteroatoms. The van der Waals surface area contributed by atoms with Crippen molar-refractivity contribution in [3.05, 3.63) is 65.9 Å². The topological polar surface area (TPSA) is 77.5 Å². The van der Waals surface area contributed by atoms with Gasteiger partial charge in [-0.2, -0.15) is 13.2 Å². The molecule has 0 bridgehead atoms. The lowest BCUT2D eigenvalue weighted by Crippen LogP contribution is -2.42. The fourth-order valence-corrected chi connectivity index (χ4v) is 4.87. The van der Waals surface area contributed by atoms with Gasteiger partial charge in [-0.1, -0.05) is 18.2 Å². The number of thioether (sulfide) groups is 1. The Hall–Kier alpha value is -3.27. The van der Waals surface area contributed by atoms with Gasteiger partial charge in [0, 0.05) is 29.8 Å². The molecule has 2 aromatic carbocycles. The van der Waals surface area contributed by atoms with E-state index < -0.39 is 23.8 Å². The summed E-state index contributed by atoms with van der Waals surface area (Å²) < 4.78 is 49.7. The molecule has 1 amide bonds. The third-order valence-electron chi connectivity index (χ3n) is 5.66. The van der Waals surface area contributed by atoms with Crippen LogP contribution in [0, 0.1) is 0 Å². The van der Waals surface area contributed by atoms with Crippen LogP contribution in [0.3, 0.4) is 0 Å². The summed E-state index contributed by atoms with van der Waals surface area (Å²) in [6, 6.07) is 12.2. The first-order chi connectivity index (χ1) is 18.2. The number of nitrogens with zero attached hydrogens (tertiary/aromatic N) is 1. The number of hydrogen-bond acceptors (Lipinski definition) is 6. The van der Waals surface area contributed by atoms with Crippen LogP contribution in [-0.2, 0) is 26.9 Å². The van der Waals surface area contributed by atoms with E-state index in [0.29, 0.717) is 18.5 Å². The number of pyridine rings is 1. The number of unbranched alkanes of at least 4 members (excludes halogenated alkanes) is 2. The number of benzene rings is 2. The maximum Gasteiger partial charge on any atom is 0.416 e. The first-order valence-electron chi connectivity index (χ1n) is 12.4. The third kappa shape index (κ3) is 8.93. The van der Waals surface area contributed by atoms with Crippen molar-refractivity contribution in [1.82, 2.24) is 10.3 Å². The van der Waals surface area contributed by atoms with Gasteiger partial charge in [-0.05, 0) is 67.8 Å². The highest BCUT2D eigenvalue weighted by Gasteiger charge is 2.30. The van der Waals surface area contributed by atoms with Gasteiger partial charge < -0.3 is 14.8 Å². The van der Waals surface area contributed by atoms with Gasteiger partial charge in [-0.15, -0.1) is 11.8 Å². The second-order valence-electron chi connectivity index (χ2n) is 8.65. The Kier molecular flexibility index (Phi) is 10.8. The summed E-state index contributed by atoms with van der Waals surface area (Å²) in [5, 5.41) is 3.35. The first kappa shape index (κ1) is 29.3. The van der Waals surface area contributed by atoms with Gasteiger partial charge in [0.2, 0.25) is 5.91 Å². The molecule has 0 aliphatic carbocycles. The van der Waals surface area contributed by atoms with Crippen molar-refractivity contribution in [3.63, 3.8) is 0 Å². The molecule has 1 N–H and O–H groups in total. The van der Waals surface area contributed by atoms with Gasteiger partial charge in [-0.3, -0.25) is 9.78 Å². The largest absolute Gasteiger partial charge is 0.494 e. The molecule has 0 saturated carbocycles. The maximum absolute atomic E-state index is 13.0. The highest BCUT2D eigenvalue weighted by atomic mass is 32.2. The van der Waals surface area contributed by atoms with Crippen molar-refractivity contribution < 1.29 is 32.2 Å². The predicted molar refractivity (Wildman–Crippen MR) is 141 cm³/mol. The highest BCUT2D eigenvalue weighted by molar-refractivity contribution is 7.99. The minimum atomic E-state index is -4.38. The number of carbonyl (C=O) groups is 2. The fraction of sp³-hybridized carbons (Fsp3) is 0.393. The van der Waals surface area contributed by atoms with Gasteiger partial charge in [0.05, 0.1) is 24.3 Å². The number of amides is 1. The van der Waals surface area contributed by atoms with Crippen LogP contribution in [0.25, 0.3) is 10.9 Å². The minimum absolute atomic E-state index is 0.243. The van der Waals surface area contributed by atoms with E-state index in [0.717, 1.165) is 58.7 Å². The smallest absolute Gasteiger partial charge is 0.416 e. The molecule has 3 rings (SSSR count).